The number of nitrogens with zero attached hydrogens (tertiary/aromatic N) is 1. The molecule has 18 heavy (non-hydrogen) atoms. The maximum absolute atomic E-state index is 11.8. The molecule has 0 fully saturated rings. The van der Waals surface area contributed by atoms with E-state index < -0.39 is 17.9 Å². The molecule has 1 rings (SSSR count). The Morgan fingerprint density at radius 1 is 1.44 bits per heavy atom. The zero-order valence-electron chi connectivity index (χ0n) is 9.06. The van der Waals surface area contributed by atoms with Crippen LogP contribution in [0.3, 0.4) is 0 Å². The summed E-state index contributed by atoms with van der Waals surface area (Å²) in [5, 5.41) is 19.9. The van der Waals surface area contributed by atoms with Gasteiger partial charge in [0, 0.05) is 19.2 Å². The molecule has 1 heterocycles. The number of amides is 1. The van der Waals surface area contributed by atoms with Crippen LogP contribution in [0.25, 0.3) is 0 Å². The highest BCUT2D eigenvalue weighted by Crippen LogP contribution is 2.18. The highest BCUT2D eigenvalue weighted by atomic mass is 35.5. The minimum Gasteiger partial charge on any atom is -0.480 e. The Labute approximate surface area is 113 Å². The third kappa shape index (κ3) is 3.83. The molecule has 1 aromatic heterocycles. The van der Waals surface area contributed by atoms with Gasteiger partial charge in [-0.05, 0) is 6.07 Å². The molecule has 1 amide bonds. The molecule has 0 aromatic carbocycles. The molecule has 0 aliphatic heterocycles. The van der Waals surface area contributed by atoms with E-state index in [-0.39, 0.29) is 28.8 Å². The predicted octanol–water partition coefficient (Wildman–Crippen LogP) is 0.954. The van der Waals surface area contributed by atoms with Gasteiger partial charge in [0.15, 0.2) is 0 Å². The molecule has 0 unspecified atom stereocenters. The lowest BCUT2D eigenvalue weighted by molar-refractivity contribution is -0.139. The second kappa shape index (κ2) is 6.53. The quantitative estimate of drug-likeness (QED) is 0.702. The standard InChI is InChI=1S/C10H10Cl2N2O4/c11-6-4-13-8(12)3-5(6)9(16)14-7(1-2-15)10(17)18/h3-4,7,15H,1-2H2,(H,14,16)(H,17,18)/t7-/m0/s1. The number of hydrogen-bond donors (Lipinski definition) is 3. The number of carboxylic acid groups (broad SMARTS) is 1. The minimum absolute atomic E-state index is 0.0286. The van der Waals surface area contributed by atoms with Crippen LogP contribution in [-0.2, 0) is 4.79 Å². The second-order valence-corrected chi connectivity index (χ2v) is 4.16. The number of aliphatic carboxylic acids is 1. The van der Waals surface area contributed by atoms with E-state index in [4.69, 9.17) is 33.4 Å². The number of carbonyl (C=O) groups is 2. The molecule has 1 atom stereocenters. The van der Waals surface area contributed by atoms with Crippen molar-refractivity contribution < 1.29 is 19.8 Å². The van der Waals surface area contributed by atoms with E-state index in [0.29, 0.717) is 0 Å². The molecule has 0 radical (unpaired) electrons. The van der Waals surface area contributed by atoms with E-state index in [2.05, 4.69) is 10.3 Å². The monoisotopic (exact) mass is 292 g/mol. The van der Waals surface area contributed by atoms with Gasteiger partial charge in [0.25, 0.3) is 5.91 Å². The third-order valence-electron chi connectivity index (χ3n) is 2.09. The molecule has 0 saturated carbocycles. The van der Waals surface area contributed by atoms with Crippen LogP contribution in [0, 0.1) is 0 Å². The highest BCUT2D eigenvalue weighted by molar-refractivity contribution is 6.35. The van der Waals surface area contributed by atoms with E-state index in [9.17, 15) is 9.59 Å². The zero-order valence-corrected chi connectivity index (χ0v) is 10.6. The first-order chi connectivity index (χ1) is 8.45. The summed E-state index contributed by atoms with van der Waals surface area (Å²) in [6, 6.07) is 0.0439. The third-order valence-corrected chi connectivity index (χ3v) is 2.60. The molecule has 0 spiro atoms. The summed E-state index contributed by atoms with van der Waals surface area (Å²) in [6.45, 7) is -0.359. The van der Waals surface area contributed by atoms with Crippen molar-refractivity contribution in [1.82, 2.24) is 10.3 Å². The number of aliphatic hydroxyl groups is 1. The van der Waals surface area contributed by atoms with Crippen molar-refractivity contribution in [2.75, 3.05) is 6.61 Å². The van der Waals surface area contributed by atoms with Crippen LogP contribution in [0.4, 0.5) is 0 Å². The number of aromatic nitrogens is 1. The van der Waals surface area contributed by atoms with E-state index in [1.54, 1.807) is 0 Å². The van der Waals surface area contributed by atoms with Gasteiger partial charge in [0.2, 0.25) is 0 Å². The van der Waals surface area contributed by atoms with Gasteiger partial charge in [0.1, 0.15) is 11.2 Å². The highest BCUT2D eigenvalue weighted by Gasteiger charge is 2.21. The van der Waals surface area contributed by atoms with Gasteiger partial charge in [-0.2, -0.15) is 0 Å². The molecule has 98 valence electrons. The summed E-state index contributed by atoms with van der Waals surface area (Å²) in [5.74, 6) is -1.93. The molecule has 0 saturated heterocycles. The Kier molecular flexibility index (Phi) is 5.33. The summed E-state index contributed by atoms with van der Waals surface area (Å²) in [7, 11) is 0. The van der Waals surface area contributed by atoms with Crippen LogP contribution in [0.15, 0.2) is 12.3 Å². The average Bonchev–Trinajstić information content (AvgIpc) is 2.31. The number of halogens is 2. The Bertz CT molecular complexity index is 467. The van der Waals surface area contributed by atoms with Crippen molar-refractivity contribution in [3.8, 4) is 0 Å². The van der Waals surface area contributed by atoms with Crippen LogP contribution in [0.5, 0.6) is 0 Å². The maximum atomic E-state index is 11.8. The van der Waals surface area contributed by atoms with Gasteiger partial charge < -0.3 is 15.5 Å². The lowest BCUT2D eigenvalue weighted by Gasteiger charge is -2.13. The summed E-state index contributed by atoms with van der Waals surface area (Å²) < 4.78 is 0. The first-order valence-electron chi connectivity index (χ1n) is 4.91. The number of carboxylic acids is 1. The molecular weight excluding hydrogens is 283 g/mol. The second-order valence-electron chi connectivity index (χ2n) is 3.36. The van der Waals surface area contributed by atoms with Gasteiger partial charge in [0.05, 0.1) is 10.6 Å². The van der Waals surface area contributed by atoms with Crippen molar-refractivity contribution in [2.24, 2.45) is 0 Å². The Morgan fingerprint density at radius 3 is 2.67 bits per heavy atom. The van der Waals surface area contributed by atoms with Gasteiger partial charge >= 0.3 is 5.97 Å². The summed E-state index contributed by atoms with van der Waals surface area (Å²) in [5.41, 5.74) is 0.0286. The Morgan fingerprint density at radius 2 is 2.11 bits per heavy atom. The van der Waals surface area contributed by atoms with Gasteiger partial charge in [-0.1, -0.05) is 23.2 Å². The van der Waals surface area contributed by atoms with Crippen LogP contribution in [0.2, 0.25) is 10.2 Å². The smallest absolute Gasteiger partial charge is 0.326 e. The molecular formula is C10H10Cl2N2O4. The van der Waals surface area contributed by atoms with Gasteiger partial charge in [-0.15, -0.1) is 0 Å². The first kappa shape index (κ1) is 14.7. The number of hydrogen-bond acceptors (Lipinski definition) is 4. The van der Waals surface area contributed by atoms with Crippen molar-refractivity contribution >= 4 is 35.1 Å². The number of nitrogens with one attached hydrogen (secondary N) is 1. The van der Waals surface area contributed by atoms with E-state index >= 15 is 0 Å². The summed E-state index contributed by atoms with van der Waals surface area (Å²) >= 11 is 11.4. The van der Waals surface area contributed by atoms with Crippen molar-refractivity contribution in [3.63, 3.8) is 0 Å². The van der Waals surface area contributed by atoms with Crippen molar-refractivity contribution in [3.05, 3.63) is 28.0 Å². The minimum atomic E-state index is -1.24. The summed E-state index contributed by atoms with van der Waals surface area (Å²) in [4.78, 5) is 26.3. The van der Waals surface area contributed by atoms with Crippen LogP contribution < -0.4 is 5.32 Å². The molecule has 0 aliphatic carbocycles. The SMILES string of the molecule is O=C(N[C@@H](CCO)C(=O)O)c1cc(Cl)ncc1Cl. The number of pyridine rings is 1. The van der Waals surface area contributed by atoms with E-state index in [1.807, 2.05) is 0 Å². The topological polar surface area (TPSA) is 99.5 Å². The normalized spacial score (nSPS) is 11.9. The van der Waals surface area contributed by atoms with Crippen LogP contribution in [-0.4, -0.2) is 39.7 Å². The first-order valence-corrected chi connectivity index (χ1v) is 5.67. The molecule has 8 heteroatoms. The Balaban J connectivity index is 2.86. The van der Waals surface area contributed by atoms with Gasteiger partial charge in [-0.25, -0.2) is 9.78 Å². The molecule has 0 bridgehead atoms. The van der Waals surface area contributed by atoms with E-state index in [1.165, 1.54) is 12.3 Å². The number of carbonyl (C=O) groups excluding carboxylic acids is 1. The number of rotatable bonds is 5. The fraction of sp³-hybridized carbons (Fsp3) is 0.300. The largest absolute Gasteiger partial charge is 0.480 e. The Hall–Kier alpha value is -1.37. The van der Waals surface area contributed by atoms with Crippen LogP contribution in [0.1, 0.15) is 16.8 Å². The lowest BCUT2D eigenvalue weighted by atomic mass is 10.2. The number of aliphatic hydroxyl groups excluding tert-OH is 1. The van der Waals surface area contributed by atoms with Crippen molar-refractivity contribution in [1.29, 1.82) is 0 Å². The average molecular weight is 293 g/mol. The fourth-order valence-electron chi connectivity index (χ4n) is 1.21. The predicted molar refractivity (Wildman–Crippen MR) is 64.8 cm³/mol. The summed E-state index contributed by atoms with van der Waals surface area (Å²) in [6.07, 6.45) is 1.10. The maximum Gasteiger partial charge on any atom is 0.326 e. The van der Waals surface area contributed by atoms with Crippen molar-refractivity contribution in [2.45, 2.75) is 12.5 Å². The molecule has 3 N–H and O–H groups in total. The van der Waals surface area contributed by atoms with Gasteiger partial charge in [-0.3, -0.25) is 4.79 Å². The molecule has 1 aromatic rings. The van der Waals surface area contributed by atoms with Crippen LogP contribution >= 0.6 is 23.2 Å². The van der Waals surface area contributed by atoms with E-state index in [0.717, 1.165) is 0 Å². The molecule has 0 aliphatic rings. The fourth-order valence-corrected chi connectivity index (χ4v) is 1.56. The zero-order chi connectivity index (χ0) is 13.7. The molecule has 6 nitrogen and oxygen atoms in total. The lowest BCUT2D eigenvalue weighted by Crippen LogP contribution is -2.41.